The standard InChI is InChI=1S/C23H24Cl2N6OS/c24-17-4-3-6-19(14-17)30-10-12-31(13-11-30)21-15-20(25)28-23(29-21)33-16-22(32)27-9-7-18-5-1-2-8-26-18/h1-6,8,14-15H,7,9-13,16H2,(H,27,32). The molecular weight excluding hydrogens is 479 g/mol. The van der Waals surface area contributed by atoms with E-state index >= 15 is 0 Å². The van der Waals surface area contributed by atoms with E-state index in [1.807, 2.05) is 36.4 Å². The third kappa shape index (κ3) is 6.96. The van der Waals surface area contributed by atoms with Gasteiger partial charge in [0.2, 0.25) is 5.91 Å². The molecule has 0 spiro atoms. The van der Waals surface area contributed by atoms with Crippen LogP contribution in [-0.4, -0.2) is 59.3 Å². The minimum atomic E-state index is -0.0730. The number of rotatable bonds is 8. The number of carbonyl (C=O) groups is 1. The van der Waals surface area contributed by atoms with Gasteiger partial charge in [-0.3, -0.25) is 9.78 Å². The molecular formula is C23H24Cl2N6OS. The van der Waals surface area contributed by atoms with Gasteiger partial charge in [0, 0.05) is 67.8 Å². The van der Waals surface area contributed by atoms with Crippen molar-refractivity contribution >= 4 is 52.4 Å². The first-order chi connectivity index (χ1) is 16.1. The average molecular weight is 503 g/mol. The molecule has 1 N–H and O–H groups in total. The smallest absolute Gasteiger partial charge is 0.230 e. The molecule has 0 bridgehead atoms. The Labute approximate surface area is 207 Å². The van der Waals surface area contributed by atoms with Crippen LogP contribution in [-0.2, 0) is 11.2 Å². The molecule has 1 saturated heterocycles. The Hall–Kier alpha value is -2.55. The molecule has 4 rings (SSSR count). The first-order valence-corrected chi connectivity index (χ1v) is 12.4. The third-order valence-electron chi connectivity index (χ3n) is 5.20. The summed E-state index contributed by atoms with van der Waals surface area (Å²) < 4.78 is 0. The highest BCUT2D eigenvalue weighted by Gasteiger charge is 2.20. The van der Waals surface area contributed by atoms with Crippen LogP contribution < -0.4 is 15.1 Å². The number of carbonyl (C=O) groups excluding carboxylic acids is 1. The predicted octanol–water partition coefficient (Wildman–Crippen LogP) is 3.96. The van der Waals surface area contributed by atoms with Gasteiger partial charge in [-0.1, -0.05) is 47.1 Å². The zero-order chi connectivity index (χ0) is 23.0. The fourth-order valence-corrected chi connectivity index (χ4v) is 4.63. The SMILES string of the molecule is O=C(CSc1nc(Cl)cc(N2CCN(c3cccc(Cl)c3)CC2)n1)NCCc1ccccn1. The van der Waals surface area contributed by atoms with Crippen molar-refractivity contribution in [3.8, 4) is 0 Å². The van der Waals surface area contributed by atoms with Crippen LogP contribution in [0.15, 0.2) is 59.9 Å². The van der Waals surface area contributed by atoms with Crippen molar-refractivity contribution in [3.63, 3.8) is 0 Å². The Balaban J connectivity index is 1.27. The zero-order valence-electron chi connectivity index (χ0n) is 18.0. The minimum absolute atomic E-state index is 0.0730. The average Bonchev–Trinajstić information content (AvgIpc) is 2.83. The second-order valence-corrected chi connectivity index (χ2v) is 9.26. The Morgan fingerprint density at radius 1 is 1.00 bits per heavy atom. The molecule has 1 fully saturated rings. The molecule has 0 unspecified atom stereocenters. The summed E-state index contributed by atoms with van der Waals surface area (Å²) in [5, 5.41) is 4.51. The number of nitrogens with zero attached hydrogens (tertiary/aromatic N) is 5. The summed E-state index contributed by atoms with van der Waals surface area (Å²) in [6.45, 7) is 3.84. The number of pyridine rings is 1. The van der Waals surface area contributed by atoms with Gasteiger partial charge in [0.1, 0.15) is 11.0 Å². The van der Waals surface area contributed by atoms with E-state index in [1.54, 1.807) is 12.3 Å². The lowest BCUT2D eigenvalue weighted by Gasteiger charge is -2.36. The molecule has 3 aromatic rings. The molecule has 0 radical (unpaired) electrons. The number of benzene rings is 1. The number of hydrogen-bond donors (Lipinski definition) is 1. The Morgan fingerprint density at radius 3 is 2.58 bits per heavy atom. The normalized spacial score (nSPS) is 13.8. The summed E-state index contributed by atoms with van der Waals surface area (Å²) in [4.78, 5) is 29.9. The largest absolute Gasteiger partial charge is 0.368 e. The van der Waals surface area contributed by atoms with Gasteiger partial charge in [0.25, 0.3) is 0 Å². The van der Waals surface area contributed by atoms with E-state index in [0.717, 1.165) is 48.4 Å². The van der Waals surface area contributed by atoms with Gasteiger partial charge >= 0.3 is 0 Å². The van der Waals surface area contributed by atoms with Gasteiger partial charge in [0.15, 0.2) is 5.16 Å². The summed E-state index contributed by atoms with van der Waals surface area (Å²) in [6.07, 6.45) is 2.44. The van der Waals surface area contributed by atoms with Crippen LogP contribution in [0.2, 0.25) is 10.2 Å². The fraction of sp³-hybridized carbons (Fsp3) is 0.304. The summed E-state index contributed by atoms with van der Waals surface area (Å²) in [7, 11) is 0. The topological polar surface area (TPSA) is 74.2 Å². The number of anilines is 2. The van der Waals surface area contributed by atoms with Gasteiger partial charge in [0.05, 0.1) is 5.75 Å². The number of amides is 1. The van der Waals surface area contributed by atoms with E-state index < -0.39 is 0 Å². The van der Waals surface area contributed by atoms with E-state index in [4.69, 9.17) is 23.2 Å². The number of hydrogen-bond acceptors (Lipinski definition) is 7. The van der Waals surface area contributed by atoms with Crippen molar-refractivity contribution in [2.45, 2.75) is 11.6 Å². The quantitative estimate of drug-likeness (QED) is 0.284. The lowest BCUT2D eigenvalue weighted by Crippen LogP contribution is -2.46. The molecule has 1 amide bonds. The number of nitrogens with one attached hydrogen (secondary N) is 1. The van der Waals surface area contributed by atoms with Crippen molar-refractivity contribution in [1.29, 1.82) is 0 Å². The van der Waals surface area contributed by atoms with Crippen molar-refractivity contribution in [1.82, 2.24) is 20.3 Å². The number of aromatic nitrogens is 3. The zero-order valence-corrected chi connectivity index (χ0v) is 20.3. The highest BCUT2D eigenvalue weighted by molar-refractivity contribution is 7.99. The summed E-state index contributed by atoms with van der Waals surface area (Å²) in [5.41, 5.74) is 2.07. The van der Waals surface area contributed by atoms with Gasteiger partial charge in [-0.05, 0) is 30.3 Å². The molecule has 1 aliphatic rings. The maximum Gasteiger partial charge on any atom is 0.230 e. The first-order valence-electron chi connectivity index (χ1n) is 10.7. The Bertz CT molecular complexity index is 1080. The third-order valence-corrected chi connectivity index (χ3v) is 6.48. The molecule has 7 nitrogen and oxygen atoms in total. The molecule has 10 heteroatoms. The van der Waals surface area contributed by atoms with Gasteiger partial charge in [-0.2, -0.15) is 0 Å². The predicted molar refractivity (Wildman–Crippen MR) is 135 cm³/mol. The van der Waals surface area contributed by atoms with Crippen LogP contribution in [0.1, 0.15) is 5.69 Å². The molecule has 33 heavy (non-hydrogen) atoms. The lowest BCUT2D eigenvalue weighted by atomic mass is 10.2. The molecule has 172 valence electrons. The van der Waals surface area contributed by atoms with Gasteiger partial charge in [-0.15, -0.1) is 0 Å². The molecule has 1 aliphatic heterocycles. The second-order valence-electron chi connectivity index (χ2n) is 7.50. The Kier molecular flexibility index (Phi) is 8.25. The number of thioether (sulfide) groups is 1. The van der Waals surface area contributed by atoms with Crippen molar-refractivity contribution in [2.75, 3.05) is 48.3 Å². The van der Waals surface area contributed by atoms with Crippen LogP contribution in [0.5, 0.6) is 0 Å². The van der Waals surface area contributed by atoms with Crippen molar-refractivity contribution < 1.29 is 4.79 Å². The maximum absolute atomic E-state index is 12.2. The first kappa shape index (κ1) is 23.6. The van der Waals surface area contributed by atoms with Crippen molar-refractivity contribution in [3.05, 3.63) is 70.6 Å². The minimum Gasteiger partial charge on any atom is -0.368 e. The van der Waals surface area contributed by atoms with E-state index in [2.05, 4.69) is 36.1 Å². The van der Waals surface area contributed by atoms with Crippen molar-refractivity contribution in [2.24, 2.45) is 0 Å². The van der Waals surface area contributed by atoms with E-state index in [9.17, 15) is 4.79 Å². The molecule has 0 saturated carbocycles. The van der Waals surface area contributed by atoms with Crippen LogP contribution in [0, 0.1) is 0 Å². The maximum atomic E-state index is 12.2. The molecule has 2 aromatic heterocycles. The van der Waals surface area contributed by atoms with Crippen LogP contribution in [0.25, 0.3) is 0 Å². The fourth-order valence-electron chi connectivity index (χ4n) is 3.54. The second kappa shape index (κ2) is 11.5. The van der Waals surface area contributed by atoms with E-state index in [-0.39, 0.29) is 11.7 Å². The summed E-state index contributed by atoms with van der Waals surface area (Å²) in [5.74, 6) is 0.930. The van der Waals surface area contributed by atoms with E-state index in [1.165, 1.54) is 11.8 Å². The van der Waals surface area contributed by atoms with Gasteiger partial charge < -0.3 is 15.1 Å². The van der Waals surface area contributed by atoms with Crippen LogP contribution in [0.3, 0.4) is 0 Å². The Morgan fingerprint density at radius 2 is 1.82 bits per heavy atom. The number of piperazine rings is 1. The summed E-state index contributed by atoms with van der Waals surface area (Å²) in [6, 6.07) is 15.4. The molecule has 1 aromatic carbocycles. The highest BCUT2D eigenvalue weighted by atomic mass is 35.5. The number of halogens is 2. The molecule has 0 atom stereocenters. The molecule has 3 heterocycles. The van der Waals surface area contributed by atoms with E-state index in [0.29, 0.717) is 23.3 Å². The van der Waals surface area contributed by atoms with Crippen LogP contribution in [0.4, 0.5) is 11.5 Å². The molecule has 0 aliphatic carbocycles. The highest BCUT2D eigenvalue weighted by Crippen LogP contribution is 2.25. The van der Waals surface area contributed by atoms with Crippen LogP contribution >= 0.6 is 35.0 Å². The van der Waals surface area contributed by atoms with Gasteiger partial charge in [-0.25, -0.2) is 9.97 Å². The lowest BCUT2D eigenvalue weighted by molar-refractivity contribution is -0.118. The monoisotopic (exact) mass is 502 g/mol. The summed E-state index contributed by atoms with van der Waals surface area (Å²) >= 11 is 13.7.